The number of esters is 1. The first kappa shape index (κ1) is 26.0. The van der Waals surface area contributed by atoms with E-state index < -0.39 is 11.6 Å². The van der Waals surface area contributed by atoms with Gasteiger partial charge in [0.1, 0.15) is 17.3 Å². The Kier molecular flexibility index (Phi) is 8.29. The van der Waals surface area contributed by atoms with E-state index in [9.17, 15) is 4.79 Å². The lowest BCUT2D eigenvalue weighted by Gasteiger charge is -2.23. The number of aryl methyl sites for hydroxylation is 1. The van der Waals surface area contributed by atoms with E-state index in [0.29, 0.717) is 30.4 Å². The van der Waals surface area contributed by atoms with E-state index in [2.05, 4.69) is 43.3 Å². The molecule has 3 aromatic carbocycles. The van der Waals surface area contributed by atoms with Crippen LogP contribution in [0.5, 0.6) is 11.5 Å². The zero-order chi connectivity index (χ0) is 26.3. The van der Waals surface area contributed by atoms with E-state index >= 15 is 0 Å². The fraction of sp³-hybridized carbons (Fsp3) is 0.290. The number of carbonyl (C=O) groups is 1. The SMILES string of the molecule is CCCc1oc(-c2ccc(-c3ccccc3)cc2)nc1CCOc1ccc(OC(C)(C)C(=O)OC)cc1. The van der Waals surface area contributed by atoms with Crippen LogP contribution in [0.4, 0.5) is 0 Å². The highest BCUT2D eigenvalue weighted by atomic mass is 16.6. The molecule has 37 heavy (non-hydrogen) atoms. The number of benzene rings is 3. The van der Waals surface area contributed by atoms with E-state index in [1.165, 1.54) is 12.7 Å². The third-order valence-corrected chi connectivity index (χ3v) is 5.98. The van der Waals surface area contributed by atoms with Gasteiger partial charge in [-0.25, -0.2) is 9.78 Å². The fourth-order valence-corrected chi connectivity index (χ4v) is 4.01. The van der Waals surface area contributed by atoms with Gasteiger partial charge in [0, 0.05) is 18.4 Å². The monoisotopic (exact) mass is 499 g/mol. The van der Waals surface area contributed by atoms with Crippen molar-refractivity contribution in [3.05, 3.63) is 90.3 Å². The Morgan fingerprint density at radius 1 is 0.838 bits per heavy atom. The molecule has 1 aromatic heterocycles. The molecule has 0 saturated heterocycles. The van der Waals surface area contributed by atoms with Crippen molar-refractivity contribution in [3.8, 4) is 34.1 Å². The maximum atomic E-state index is 11.8. The second-order valence-electron chi connectivity index (χ2n) is 9.26. The van der Waals surface area contributed by atoms with Gasteiger partial charge in [-0.05, 0) is 67.8 Å². The molecule has 0 amide bonds. The largest absolute Gasteiger partial charge is 0.493 e. The Hall–Kier alpha value is -4.06. The van der Waals surface area contributed by atoms with Crippen molar-refractivity contribution >= 4 is 5.97 Å². The smallest absolute Gasteiger partial charge is 0.349 e. The summed E-state index contributed by atoms with van der Waals surface area (Å²) in [4.78, 5) is 16.6. The topological polar surface area (TPSA) is 70.8 Å². The zero-order valence-electron chi connectivity index (χ0n) is 21.8. The van der Waals surface area contributed by atoms with Crippen LogP contribution in [0.15, 0.2) is 83.3 Å². The molecule has 0 radical (unpaired) electrons. The molecule has 6 nitrogen and oxygen atoms in total. The van der Waals surface area contributed by atoms with Gasteiger partial charge in [0.15, 0.2) is 5.60 Å². The molecule has 0 spiro atoms. The molecule has 4 aromatic rings. The van der Waals surface area contributed by atoms with Crippen LogP contribution in [0.25, 0.3) is 22.6 Å². The predicted octanol–water partition coefficient (Wildman–Crippen LogP) is 6.91. The Bertz CT molecular complexity index is 1290. The van der Waals surface area contributed by atoms with Crippen molar-refractivity contribution in [2.45, 2.75) is 45.6 Å². The molecule has 0 aliphatic rings. The first-order chi connectivity index (χ1) is 17.9. The van der Waals surface area contributed by atoms with Crippen LogP contribution in [0, 0.1) is 0 Å². The standard InChI is InChI=1S/C31H33NO5/c1-5-9-28-27(20-21-35-25-16-18-26(19-17-25)37-31(2,3)30(33)34-4)32-29(36-28)24-14-12-23(13-15-24)22-10-7-6-8-11-22/h6-8,10-19H,5,9,20-21H2,1-4H3. The Labute approximate surface area is 218 Å². The average Bonchev–Trinajstić information content (AvgIpc) is 3.32. The maximum absolute atomic E-state index is 11.8. The van der Waals surface area contributed by atoms with Crippen LogP contribution >= 0.6 is 0 Å². The maximum Gasteiger partial charge on any atom is 0.349 e. The van der Waals surface area contributed by atoms with Gasteiger partial charge < -0.3 is 18.6 Å². The summed E-state index contributed by atoms with van der Waals surface area (Å²) >= 11 is 0. The Balaban J connectivity index is 1.38. The van der Waals surface area contributed by atoms with Gasteiger partial charge >= 0.3 is 5.97 Å². The Morgan fingerprint density at radius 2 is 1.46 bits per heavy atom. The molecule has 0 atom stereocenters. The van der Waals surface area contributed by atoms with Crippen molar-refractivity contribution in [3.63, 3.8) is 0 Å². The summed E-state index contributed by atoms with van der Waals surface area (Å²) in [5, 5.41) is 0. The van der Waals surface area contributed by atoms with E-state index in [1.807, 2.05) is 30.3 Å². The van der Waals surface area contributed by atoms with Crippen molar-refractivity contribution in [2.75, 3.05) is 13.7 Å². The molecule has 0 fully saturated rings. The minimum atomic E-state index is -1.07. The van der Waals surface area contributed by atoms with Crippen LogP contribution in [0.3, 0.4) is 0 Å². The third-order valence-electron chi connectivity index (χ3n) is 5.98. The number of aromatic nitrogens is 1. The normalized spacial score (nSPS) is 11.2. The molecule has 0 aliphatic carbocycles. The third kappa shape index (κ3) is 6.58. The average molecular weight is 500 g/mol. The van der Waals surface area contributed by atoms with Crippen LogP contribution < -0.4 is 9.47 Å². The number of nitrogens with zero attached hydrogens (tertiary/aromatic N) is 1. The zero-order valence-corrected chi connectivity index (χ0v) is 21.8. The Morgan fingerprint density at radius 3 is 2.11 bits per heavy atom. The van der Waals surface area contributed by atoms with Gasteiger partial charge in [-0.15, -0.1) is 0 Å². The van der Waals surface area contributed by atoms with Gasteiger partial charge in [0.25, 0.3) is 0 Å². The highest BCUT2D eigenvalue weighted by molar-refractivity contribution is 5.78. The minimum absolute atomic E-state index is 0.435. The molecule has 0 aliphatic heterocycles. The number of methoxy groups -OCH3 is 1. The van der Waals surface area contributed by atoms with Gasteiger partial charge in [-0.3, -0.25) is 0 Å². The first-order valence-electron chi connectivity index (χ1n) is 12.5. The molecule has 0 bridgehead atoms. The number of oxazole rings is 1. The summed E-state index contributed by atoms with van der Waals surface area (Å²) in [6, 6.07) is 25.8. The highest BCUT2D eigenvalue weighted by Gasteiger charge is 2.31. The molecular formula is C31H33NO5. The molecule has 0 saturated carbocycles. The van der Waals surface area contributed by atoms with Crippen LogP contribution in [0.1, 0.15) is 38.6 Å². The minimum Gasteiger partial charge on any atom is -0.493 e. The van der Waals surface area contributed by atoms with Gasteiger partial charge in [-0.2, -0.15) is 0 Å². The van der Waals surface area contributed by atoms with Crippen LogP contribution in [-0.4, -0.2) is 30.3 Å². The fourth-order valence-electron chi connectivity index (χ4n) is 4.01. The van der Waals surface area contributed by atoms with Gasteiger partial charge in [0.2, 0.25) is 5.89 Å². The second-order valence-corrected chi connectivity index (χ2v) is 9.26. The highest BCUT2D eigenvalue weighted by Crippen LogP contribution is 2.27. The quantitative estimate of drug-likeness (QED) is 0.209. The molecular weight excluding hydrogens is 466 g/mol. The summed E-state index contributed by atoms with van der Waals surface area (Å²) in [5.74, 6) is 2.37. The number of carbonyl (C=O) groups excluding carboxylic acids is 1. The van der Waals surface area contributed by atoms with Crippen molar-refractivity contribution in [2.24, 2.45) is 0 Å². The van der Waals surface area contributed by atoms with Gasteiger partial charge in [-0.1, -0.05) is 49.4 Å². The number of hydrogen-bond acceptors (Lipinski definition) is 6. The lowest BCUT2D eigenvalue weighted by molar-refractivity contribution is -0.156. The second kappa shape index (κ2) is 11.8. The van der Waals surface area contributed by atoms with Crippen LogP contribution in [-0.2, 0) is 22.4 Å². The summed E-state index contributed by atoms with van der Waals surface area (Å²) < 4.78 is 22.6. The van der Waals surface area contributed by atoms with Gasteiger partial charge in [0.05, 0.1) is 19.4 Å². The first-order valence-corrected chi connectivity index (χ1v) is 12.5. The van der Waals surface area contributed by atoms with E-state index in [1.54, 1.807) is 26.0 Å². The molecule has 192 valence electrons. The lowest BCUT2D eigenvalue weighted by Crippen LogP contribution is -2.39. The summed E-state index contributed by atoms with van der Waals surface area (Å²) in [7, 11) is 1.34. The molecule has 0 unspecified atom stereocenters. The molecule has 4 rings (SSSR count). The number of ether oxygens (including phenoxy) is 3. The lowest BCUT2D eigenvalue weighted by atomic mass is 10.0. The van der Waals surface area contributed by atoms with E-state index in [0.717, 1.165) is 35.4 Å². The summed E-state index contributed by atoms with van der Waals surface area (Å²) in [5.41, 5.74) is 3.14. The molecule has 1 heterocycles. The van der Waals surface area contributed by atoms with Crippen molar-refractivity contribution in [1.29, 1.82) is 0 Å². The van der Waals surface area contributed by atoms with Crippen LogP contribution in [0.2, 0.25) is 0 Å². The van der Waals surface area contributed by atoms with E-state index in [4.69, 9.17) is 23.6 Å². The summed E-state index contributed by atoms with van der Waals surface area (Å²) in [6.07, 6.45) is 2.43. The predicted molar refractivity (Wildman–Crippen MR) is 144 cm³/mol. The number of rotatable bonds is 11. The number of hydrogen-bond donors (Lipinski definition) is 0. The van der Waals surface area contributed by atoms with E-state index in [-0.39, 0.29) is 0 Å². The van der Waals surface area contributed by atoms with Crippen molar-refractivity contribution in [1.82, 2.24) is 4.98 Å². The molecule has 0 N–H and O–H groups in total. The summed E-state index contributed by atoms with van der Waals surface area (Å²) in [6.45, 7) is 5.92. The van der Waals surface area contributed by atoms with Crippen molar-refractivity contribution < 1.29 is 23.4 Å². The molecule has 6 heteroatoms.